The van der Waals surface area contributed by atoms with Crippen LogP contribution in [0.3, 0.4) is 0 Å². The number of cyclic esters (lactones) is 2. The Kier molecular flexibility index (Phi) is 4.09. The van der Waals surface area contributed by atoms with Crippen molar-refractivity contribution in [3.05, 3.63) is 40.6 Å². The molecule has 116 valence electrons. The van der Waals surface area contributed by atoms with Gasteiger partial charge in [-0.15, -0.1) is 0 Å². The standard InChI is InChI=1S/C14H12ClNO6/c1-14(2)21-12(19)9(13(20)22-14)6-16-10-4-3-7(15)5-8(10)11(17)18/h3-6,16H,1-2H3,(H,17,18). The first-order valence-electron chi connectivity index (χ1n) is 6.16. The van der Waals surface area contributed by atoms with E-state index in [-0.39, 0.29) is 21.8 Å². The van der Waals surface area contributed by atoms with Crippen LogP contribution in [-0.4, -0.2) is 28.8 Å². The van der Waals surface area contributed by atoms with Crippen molar-refractivity contribution in [1.29, 1.82) is 0 Å². The Morgan fingerprint density at radius 1 is 1.27 bits per heavy atom. The molecule has 8 heteroatoms. The first-order valence-corrected chi connectivity index (χ1v) is 6.53. The number of rotatable bonds is 3. The maximum atomic E-state index is 11.7. The number of carbonyl (C=O) groups excluding carboxylic acids is 2. The van der Waals surface area contributed by atoms with Crippen molar-refractivity contribution in [3.8, 4) is 0 Å². The number of hydrogen-bond acceptors (Lipinski definition) is 6. The summed E-state index contributed by atoms with van der Waals surface area (Å²) in [6.45, 7) is 2.85. The van der Waals surface area contributed by atoms with Gasteiger partial charge in [-0.1, -0.05) is 11.6 Å². The van der Waals surface area contributed by atoms with Crippen LogP contribution in [0.5, 0.6) is 0 Å². The van der Waals surface area contributed by atoms with E-state index in [1.165, 1.54) is 32.0 Å². The second kappa shape index (κ2) is 5.69. The van der Waals surface area contributed by atoms with Crippen molar-refractivity contribution in [2.24, 2.45) is 0 Å². The number of esters is 2. The van der Waals surface area contributed by atoms with Crippen LogP contribution in [-0.2, 0) is 19.1 Å². The molecule has 2 N–H and O–H groups in total. The fraction of sp³-hybridized carbons (Fsp3) is 0.214. The minimum atomic E-state index is -1.34. The molecule has 0 unspecified atom stereocenters. The Morgan fingerprint density at radius 2 is 1.86 bits per heavy atom. The molecule has 7 nitrogen and oxygen atoms in total. The Morgan fingerprint density at radius 3 is 2.41 bits per heavy atom. The molecule has 0 amide bonds. The SMILES string of the molecule is CC1(C)OC(=O)C(=CNc2ccc(Cl)cc2C(=O)O)C(=O)O1. The molecule has 0 aromatic heterocycles. The fourth-order valence-corrected chi connectivity index (χ4v) is 1.92. The molecular formula is C14H12ClNO6. The van der Waals surface area contributed by atoms with Gasteiger partial charge in [0.1, 0.15) is 0 Å². The van der Waals surface area contributed by atoms with Crippen LogP contribution in [0.25, 0.3) is 0 Å². The lowest BCUT2D eigenvalue weighted by Crippen LogP contribution is -2.42. The highest BCUT2D eigenvalue weighted by Crippen LogP contribution is 2.24. The van der Waals surface area contributed by atoms with Crippen LogP contribution < -0.4 is 5.32 Å². The van der Waals surface area contributed by atoms with Crippen LogP contribution >= 0.6 is 11.6 Å². The summed E-state index contributed by atoms with van der Waals surface area (Å²) in [6.07, 6.45) is 1.04. The summed E-state index contributed by atoms with van der Waals surface area (Å²) >= 11 is 5.73. The molecule has 0 spiro atoms. The summed E-state index contributed by atoms with van der Waals surface area (Å²) in [5.74, 6) is -4.27. The Hall–Kier alpha value is -2.54. The molecule has 1 heterocycles. The van der Waals surface area contributed by atoms with Gasteiger partial charge < -0.3 is 19.9 Å². The van der Waals surface area contributed by atoms with Crippen molar-refractivity contribution in [2.45, 2.75) is 19.6 Å². The zero-order chi connectivity index (χ0) is 16.5. The lowest BCUT2D eigenvalue weighted by Gasteiger charge is -2.29. The number of halogens is 1. The maximum Gasteiger partial charge on any atom is 0.350 e. The van der Waals surface area contributed by atoms with E-state index in [1.54, 1.807) is 0 Å². The fourth-order valence-electron chi connectivity index (χ4n) is 1.75. The number of carboxylic acid groups (broad SMARTS) is 1. The largest absolute Gasteiger partial charge is 0.478 e. The van der Waals surface area contributed by atoms with Crippen LogP contribution in [0.1, 0.15) is 24.2 Å². The summed E-state index contributed by atoms with van der Waals surface area (Å²) in [5, 5.41) is 11.9. The third kappa shape index (κ3) is 3.37. The van der Waals surface area contributed by atoms with Crippen LogP contribution in [0.2, 0.25) is 5.02 Å². The van der Waals surface area contributed by atoms with Gasteiger partial charge in [0, 0.05) is 25.1 Å². The van der Waals surface area contributed by atoms with Gasteiger partial charge in [0.15, 0.2) is 5.57 Å². The van der Waals surface area contributed by atoms with Crippen molar-refractivity contribution in [1.82, 2.24) is 0 Å². The van der Waals surface area contributed by atoms with Gasteiger partial charge in [-0.25, -0.2) is 14.4 Å². The van der Waals surface area contributed by atoms with E-state index in [0.29, 0.717) is 0 Å². The smallest absolute Gasteiger partial charge is 0.350 e. The number of hydrogen-bond donors (Lipinski definition) is 2. The number of carbonyl (C=O) groups is 3. The summed E-state index contributed by atoms with van der Waals surface area (Å²) in [4.78, 5) is 34.6. The Balaban J connectivity index is 2.27. The zero-order valence-electron chi connectivity index (χ0n) is 11.7. The van der Waals surface area contributed by atoms with E-state index < -0.39 is 23.7 Å². The van der Waals surface area contributed by atoms with Crippen molar-refractivity contribution in [3.63, 3.8) is 0 Å². The topological polar surface area (TPSA) is 102 Å². The van der Waals surface area contributed by atoms with Crippen LogP contribution in [0.15, 0.2) is 30.0 Å². The number of ether oxygens (including phenoxy) is 2. The summed E-state index contributed by atoms with van der Waals surface area (Å²) in [5.41, 5.74) is -0.317. The lowest BCUT2D eigenvalue weighted by atomic mass is 10.1. The summed E-state index contributed by atoms with van der Waals surface area (Å²) < 4.78 is 9.83. The average molecular weight is 326 g/mol. The van der Waals surface area contributed by atoms with E-state index in [9.17, 15) is 14.4 Å². The number of anilines is 1. The van der Waals surface area contributed by atoms with E-state index in [4.69, 9.17) is 26.2 Å². The van der Waals surface area contributed by atoms with Crippen LogP contribution in [0.4, 0.5) is 5.69 Å². The summed E-state index contributed by atoms with van der Waals surface area (Å²) in [6, 6.07) is 4.12. The maximum absolute atomic E-state index is 11.7. The second-order valence-corrected chi connectivity index (χ2v) is 5.31. The van der Waals surface area contributed by atoms with E-state index in [2.05, 4.69) is 5.32 Å². The lowest BCUT2D eigenvalue weighted by molar-refractivity contribution is -0.222. The van der Waals surface area contributed by atoms with E-state index in [1.807, 2.05) is 0 Å². The molecule has 0 bridgehead atoms. The van der Waals surface area contributed by atoms with Gasteiger partial charge in [-0.05, 0) is 18.2 Å². The third-order valence-corrected chi connectivity index (χ3v) is 2.94. The first-order chi connectivity index (χ1) is 10.2. The van der Waals surface area contributed by atoms with Crippen molar-refractivity contribution >= 4 is 35.2 Å². The van der Waals surface area contributed by atoms with Gasteiger partial charge in [-0.2, -0.15) is 0 Å². The molecule has 22 heavy (non-hydrogen) atoms. The highest BCUT2D eigenvalue weighted by atomic mass is 35.5. The monoisotopic (exact) mass is 325 g/mol. The number of aromatic carboxylic acids is 1. The molecule has 1 fully saturated rings. The van der Waals surface area contributed by atoms with Gasteiger partial charge in [0.05, 0.1) is 11.3 Å². The molecular weight excluding hydrogens is 314 g/mol. The zero-order valence-corrected chi connectivity index (χ0v) is 12.4. The molecule has 0 radical (unpaired) electrons. The Bertz CT molecular complexity index is 673. The van der Waals surface area contributed by atoms with E-state index in [0.717, 1.165) is 6.20 Å². The first kappa shape index (κ1) is 15.8. The van der Waals surface area contributed by atoms with Crippen molar-refractivity contribution < 1.29 is 29.0 Å². The van der Waals surface area contributed by atoms with Gasteiger partial charge in [-0.3, -0.25) is 0 Å². The molecule has 0 aliphatic carbocycles. The minimum Gasteiger partial charge on any atom is -0.478 e. The second-order valence-electron chi connectivity index (χ2n) is 4.88. The quantitative estimate of drug-likeness (QED) is 0.499. The van der Waals surface area contributed by atoms with Crippen molar-refractivity contribution in [2.75, 3.05) is 5.32 Å². The van der Waals surface area contributed by atoms with Gasteiger partial charge >= 0.3 is 17.9 Å². The normalized spacial score (nSPS) is 16.6. The minimum absolute atomic E-state index is 0.109. The molecule has 1 saturated heterocycles. The highest BCUT2D eigenvalue weighted by Gasteiger charge is 2.38. The van der Waals surface area contributed by atoms with Gasteiger partial charge in [0.25, 0.3) is 5.79 Å². The molecule has 2 rings (SSSR count). The predicted octanol–water partition coefficient (Wildman–Crippen LogP) is 2.17. The molecule has 1 aromatic rings. The van der Waals surface area contributed by atoms with E-state index >= 15 is 0 Å². The third-order valence-electron chi connectivity index (χ3n) is 2.70. The van der Waals surface area contributed by atoms with Crippen LogP contribution in [0, 0.1) is 0 Å². The van der Waals surface area contributed by atoms with Gasteiger partial charge in [0.2, 0.25) is 0 Å². The summed E-state index contributed by atoms with van der Waals surface area (Å²) in [7, 11) is 0. The molecule has 1 aliphatic rings. The molecule has 1 aromatic carbocycles. The number of carboxylic acids is 1. The highest BCUT2D eigenvalue weighted by molar-refractivity contribution is 6.31. The molecule has 1 aliphatic heterocycles. The number of benzene rings is 1. The average Bonchev–Trinajstić information content (AvgIpc) is 2.37. The molecule has 0 saturated carbocycles. The predicted molar refractivity (Wildman–Crippen MR) is 76.4 cm³/mol. The number of nitrogens with one attached hydrogen (secondary N) is 1. The Labute approximate surface area is 130 Å². The molecule has 0 atom stereocenters.